The zero-order valence-electron chi connectivity index (χ0n) is 15.6. The first kappa shape index (κ1) is 20.0. The van der Waals surface area contributed by atoms with Crippen molar-refractivity contribution in [3.05, 3.63) is 76.6 Å². The van der Waals surface area contributed by atoms with Crippen LogP contribution in [0.4, 0.5) is 0 Å². The maximum absolute atomic E-state index is 13.0. The highest BCUT2D eigenvalue weighted by Gasteiger charge is 2.24. The zero-order chi connectivity index (χ0) is 18.6. The first-order valence-electron chi connectivity index (χ1n) is 9.08. The summed E-state index contributed by atoms with van der Waals surface area (Å²) in [5, 5.41) is 18.0. The molecule has 146 valence electrons. The van der Waals surface area contributed by atoms with Crippen molar-refractivity contribution in [3.8, 4) is 0 Å². The second-order valence-corrected chi connectivity index (χ2v) is 6.80. The molecule has 4 rings (SSSR count). The Hall–Kier alpha value is -2.77. The van der Waals surface area contributed by atoms with Gasteiger partial charge in [-0.25, -0.2) is 4.68 Å². The molecule has 0 aliphatic carbocycles. The number of fused-ring (bicyclic) bond motifs is 1. The summed E-state index contributed by atoms with van der Waals surface area (Å²) in [5.74, 6) is 0.530. The van der Waals surface area contributed by atoms with Gasteiger partial charge in [0.15, 0.2) is 0 Å². The van der Waals surface area contributed by atoms with E-state index >= 15 is 0 Å². The van der Waals surface area contributed by atoms with Gasteiger partial charge in [0.1, 0.15) is 11.9 Å². The molecule has 2 N–H and O–H groups in total. The molecule has 1 atom stereocenters. The van der Waals surface area contributed by atoms with Crippen LogP contribution in [0.15, 0.2) is 48.5 Å². The Kier molecular flexibility index (Phi) is 6.38. The van der Waals surface area contributed by atoms with Gasteiger partial charge in [-0.1, -0.05) is 48.5 Å². The van der Waals surface area contributed by atoms with E-state index in [1.807, 2.05) is 30.3 Å². The number of hydrogen-bond acceptors (Lipinski definition) is 5. The number of aromatic nitrogens is 4. The van der Waals surface area contributed by atoms with Gasteiger partial charge in [0, 0.05) is 26.1 Å². The second-order valence-electron chi connectivity index (χ2n) is 6.80. The second kappa shape index (κ2) is 8.95. The number of aryl methyl sites for hydroxylation is 1. The maximum atomic E-state index is 13.0. The largest absolute Gasteiger partial charge is 0.350 e. The maximum Gasteiger partial charge on any atom is 0.245 e. The van der Waals surface area contributed by atoms with Crippen molar-refractivity contribution in [2.75, 3.05) is 0 Å². The van der Waals surface area contributed by atoms with Gasteiger partial charge >= 0.3 is 0 Å². The molecule has 0 fully saturated rings. The number of nitrogens with one attached hydrogen (secondary N) is 2. The first-order chi connectivity index (χ1) is 13.2. The van der Waals surface area contributed by atoms with Crippen molar-refractivity contribution in [2.45, 2.75) is 39.0 Å². The fourth-order valence-corrected chi connectivity index (χ4v) is 3.42. The number of nitrogens with zero attached hydrogens (tertiary/aromatic N) is 4. The Bertz CT molecular complexity index is 943. The minimum atomic E-state index is -0.488. The van der Waals surface area contributed by atoms with Gasteiger partial charge in [0.05, 0.1) is 0 Å². The van der Waals surface area contributed by atoms with Crippen molar-refractivity contribution in [3.63, 3.8) is 0 Å². The molecule has 0 saturated carbocycles. The molecule has 0 spiro atoms. The molecule has 0 saturated heterocycles. The third kappa shape index (κ3) is 4.37. The molecule has 0 radical (unpaired) electrons. The summed E-state index contributed by atoms with van der Waals surface area (Å²) in [5.41, 5.74) is 4.80. The number of hydrogen-bond donors (Lipinski definition) is 2. The molecular weight excluding hydrogens is 376 g/mol. The van der Waals surface area contributed by atoms with Crippen LogP contribution in [-0.4, -0.2) is 26.1 Å². The van der Waals surface area contributed by atoms with Crippen LogP contribution in [0.2, 0.25) is 0 Å². The smallest absolute Gasteiger partial charge is 0.245 e. The third-order valence-corrected chi connectivity index (χ3v) is 4.90. The normalized spacial score (nSPS) is 13.5. The quantitative estimate of drug-likeness (QED) is 0.664. The summed E-state index contributed by atoms with van der Waals surface area (Å²) in [6.07, 6.45) is 0.534. The number of halogens is 1. The average Bonchev–Trinajstić information content (AvgIpc) is 3.33. The molecule has 2 aromatic carbocycles. The molecule has 7 nitrogen and oxygen atoms in total. The van der Waals surface area contributed by atoms with E-state index in [1.54, 1.807) is 11.6 Å². The number of tetrazole rings is 1. The van der Waals surface area contributed by atoms with Crippen LogP contribution in [0.25, 0.3) is 0 Å². The molecular formula is C20H23ClN6O. The van der Waals surface area contributed by atoms with Gasteiger partial charge in [0.2, 0.25) is 5.91 Å². The SMILES string of the molecule is Cc1nnnn1C(Cc1ccccc1)C(=O)NCc1ccc2c(c1)CNC2.Cl. The van der Waals surface area contributed by atoms with Crippen molar-refractivity contribution in [1.29, 1.82) is 0 Å². The summed E-state index contributed by atoms with van der Waals surface area (Å²) in [7, 11) is 0. The highest BCUT2D eigenvalue weighted by atomic mass is 35.5. The number of rotatable bonds is 6. The van der Waals surface area contributed by atoms with E-state index in [2.05, 4.69) is 44.4 Å². The minimum absolute atomic E-state index is 0. The fraction of sp³-hybridized carbons (Fsp3) is 0.300. The lowest BCUT2D eigenvalue weighted by atomic mass is 10.0. The van der Waals surface area contributed by atoms with E-state index in [-0.39, 0.29) is 18.3 Å². The number of benzene rings is 2. The lowest BCUT2D eigenvalue weighted by molar-refractivity contribution is -0.124. The van der Waals surface area contributed by atoms with Gasteiger partial charge in [-0.3, -0.25) is 4.79 Å². The Balaban J connectivity index is 0.00000225. The minimum Gasteiger partial charge on any atom is -0.350 e. The fourth-order valence-electron chi connectivity index (χ4n) is 3.42. The van der Waals surface area contributed by atoms with E-state index in [1.165, 1.54) is 11.1 Å². The number of carbonyl (C=O) groups excluding carboxylic acids is 1. The van der Waals surface area contributed by atoms with Crippen molar-refractivity contribution >= 4 is 18.3 Å². The summed E-state index contributed by atoms with van der Waals surface area (Å²) in [4.78, 5) is 13.0. The van der Waals surface area contributed by atoms with Crippen LogP contribution >= 0.6 is 12.4 Å². The van der Waals surface area contributed by atoms with E-state index in [9.17, 15) is 4.79 Å². The molecule has 1 amide bonds. The van der Waals surface area contributed by atoms with Gasteiger partial charge < -0.3 is 10.6 Å². The molecule has 1 aromatic heterocycles. The molecule has 0 bridgehead atoms. The summed E-state index contributed by atoms with van der Waals surface area (Å²) in [6, 6.07) is 15.8. The Morgan fingerprint density at radius 3 is 2.68 bits per heavy atom. The van der Waals surface area contributed by atoms with Crippen LogP contribution < -0.4 is 10.6 Å². The predicted octanol–water partition coefficient (Wildman–Crippen LogP) is 2.11. The predicted molar refractivity (Wildman–Crippen MR) is 108 cm³/mol. The summed E-state index contributed by atoms with van der Waals surface area (Å²) in [6.45, 7) is 4.09. The Morgan fingerprint density at radius 2 is 1.93 bits per heavy atom. The van der Waals surface area contributed by atoms with Crippen LogP contribution in [0, 0.1) is 6.92 Å². The standard InChI is InChI=1S/C20H22N6O.ClH/c1-14-23-24-25-26(14)19(10-15-5-3-2-4-6-15)20(27)22-11-16-7-8-17-12-21-13-18(17)9-16;/h2-9,19,21H,10-13H2,1H3,(H,22,27);1H. The van der Waals surface area contributed by atoms with E-state index in [4.69, 9.17) is 0 Å². The van der Waals surface area contributed by atoms with Gasteiger partial charge in [-0.2, -0.15) is 0 Å². The van der Waals surface area contributed by atoms with Gasteiger partial charge in [-0.05, 0) is 39.6 Å². The molecule has 1 unspecified atom stereocenters. The van der Waals surface area contributed by atoms with Crippen molar-refractivity contribution in [2.24, 2.45) is 0 Å². The molecule has 3 aromatic rings. The number of carbonyl (C=O) groups is 1. The van der Waals surface area contributed by atoms with Crippen molar-refractivity contribution < 1.29 is 4.79 Å². The summed E-state index contributed by atoms with van der Waals surface area (Å²) >= 11 is 0. The van der Waals surface area contributed by atoms with Gasteiger partial charge in [0.25, 0.3) is 0 Å². The Morgan fingerprint density at radius 1 is 1.14 bits per heavy atom. The van der Waals surface area contributed by atoms with E-state index in [0.29, 0.717) is 18.8 Å². The highest BCUT2D eigenvalue weighted by Crippen LogP contribution is 2.18. The molecule has 1 aliphatic heterocycles. The summed E-state index contributed by atoms with van der Waals surface area (Å²) < 4.78 is 1.59. The van der Waals surface area contributed by atoms with E-state index < -0.39 is 6.04 Å². The average molecular weight is 399 g/mol. The lowest BCUT2D eigenvalue weighted by Gasteiger charge is -2.18. The van der Waals surface area contributed by atoms with Crippen molar-refractivity contribution in [1.82, 2.24) is 30.8 Å². The molecule has 8 heteroatoms. The molecule has 2 heterocycles. The first-order valence-corrected chi connectivity index (χ1v) is 9.08. The van der Waals surface area contributed by atoms with Crippen LogP contribution in [-0.2, 0) is 30.8 Å². The lowest BCUT2D eigenvalue weighted by Crippen LogP contribution is -2.34. The zero-order valence-corrected chi connectivity index (χ0v) is 16.4. The monoisotopic (exact) mass is 398 g/mol. The Labute approximate surface area is 169 Å². The van der Waals surface area contributed by atoms with Crippen LogP contribution in [0.1, 0.15) is 34.1 Å². The topological polar surface area (TPSA) is 84.7 Å². The van der Waals surface area contributed by atoms with Gasteiger partial charge in [-0.15, -0.1) is 17.5 Å². The molecule has 28 heavy (non-hydrogen) atoms. The third-order valence-electron chi connectivity index (χ3n) is 4.90. The highest BCUT2D eigenvalue weighted by molar-refractivity contribution is 5.85. The number of amides is 1. The van der Waals surface area contributed by atoms with E-state index in [0.717, 1.165) is 24.2 Å². The molecule has 1 aliphatic rings. The van der Waals surface area contributed by atoms with Crippen LogP contribution in [0.3, 0.4) is 0 Å². The van der Waals surface area contributed by atoms with Crippen LogP contribution in [0.5, 0.6) is 0 Å².